The molecule has 0 bridgehead atoms. The summed E-state index contributed by atoms with van der Waals surface area (Å²) in [5, 5.41) is 0. The van der Waals surface area contributed by atoms with Crippen LogP contribution in [0.15, 0.2) is 16.6 Å². The molecule has 1 atom stereocenters. The third-order valence-corrected chi connectivity index (χ3v) is 4.49. The molecule has 0 amide bonds. The normalized spacial score (nSPS) is 20.5. The molecule has 1 aromatic heterocycles. The minimum atomic E-state index is -0.284. The molecule has 102 valence electrons. The molecule has 1 aromatic carbocycles. The Bertz CT molecular complexity index is 625. The number of imidazole rings is 1. The Morgan fingerprint density at radius 3 is 3.00 bits per heavy atom. The van der Waals surface area contributed by atoms with Crippen molar-refractivity contribution in [3.05, 3.63) is 22.4 Å². The molecule has 4 nitrogen and oxygen atoms in total. The van der Waals surface area contributed by atoms with E-state index < -0.39 is 0 Å². The summed E-state index contributed by atoms with van der Waals surface area (Å²) < 4.78 is 16.0. The minimum Gasteiger partial charge on any atom is -0.369 e. The van der Waals surface area contributed by atoms with Crippen LogP contribution in [0.4, 0.5) is 10.3 Å². The van der Waals surface area contributed by atoms with Crippen molar-refractivity contribution >= 4 is 32.9 Å². The molecule has 1 aliphatic rings. The van der Waals surface area contributed by atoms with Gasteiger partial charge in [0.05, 0.1) is 15.5 Å². The molecule has 6 heteroatoms. The highest BCUT2D eigenvalue weighted by Crippen LogP contribution is 2.27. The smallest absolute Gasteiger partial charge is 0.201 e. The molecule has 2 N–H and O–H groups in total. The lowest BCUT2D eigenvalue weighted by molar-refractivity contribution is 0.285. The van der Waals surface area contributed by atoms with Gasteiger partial charge in [-0.05, 0) is 48.4 Å². The van der Waals surface area contributed by atoms with Crippen LogP contribution in [0.5, 0.6) is 0 Å². The second kappa shape index (κ2) is 4.76. The van der Waals surface area contributed by atoms with Crippen molar-refractivity contribution in [2.45, 2.75) is 25.4 Å². The predicted octanol–water partition coefficient (Wildman–Crippen LogP) is 2.61. The van der Waals surface area contributed by atoms with Crippen LogP contribution in [0.3, 0.4) is 0 Å². The van der Waals surface area contributed by atoms with Gasteiger partial charge in [-0.2, -0.15) is 0 Å². The fourth-order valence-electron chi connectivity index (χ4n) is 2.75. The molecule has 0 aliphatic carbocycles. The first kappa shape index (κ1) is 12.9. The van der Waals surface area contributed by atoms with E-state index in [0.717, 1.165) is 30.5 Å². The Kier molecular flexibility index (Phi) is 3.22. The molecule has 0 radical (unpaired) electrons. The highest BCUT2D eigenvalue weighted by atomic mass is 79.9. The average Bonchev–Trinajstić information content (AvgIpc) is 2.88. The van der Waals surface area contributed by atoms with E-state index >= 15 is 0 Å². The van der Waals surface area contributed by atoms with Crippen LogP contribution in [0.1, 0.15) is 12.8 Å². The summed E-state index contributed by atoms with van der Waals surface area (Å²) in [7, 11) is 2.12. The number of fused-ring (bicyclic) bond motifs is 1. The predicted molar refractivity (Wildman–Crippen MR) is 77.5 cm³/mol. The zero-order valence-corrected chi connectivity index (χ0v) is 12.3. The van der Waals surface area contributed by atoms with Crippen molar-refractivity contribution in [2.24, 2.45) is 0 Å². The van der Waals surface area contributed by atoms with Crippen LogP contribution >= 0.6 is 15.9 Å². The Balaban J connectivity index is 2.02. The number of hydrogen-bond acceptors (Lipinski definition) is 3. The van der Waals surface area contributed by atoms with Gasteiger partial charge in [0.15, 0.2) is 0 Å². The van der Waals surface area contributed by atoms with E-state index in [1.807, 2.05) is 4.57 Å². The van der Waals surface area contributed by atoms with Crippen LogP contribution < -0.4 is 5.73 Å². The van der Waals surface area contributed by atoms with E-state index in [1.54, 1.807) is 6.07 Å². The van der Waals surface area contributed by atoms with Crippen molar-refractivity contribution in [3.8, 4) is 0 Å². The molecule has 1 aliphatic heterocycles. The number of aromatic nitrogens is 2. The van der Waals surface area contributed by atoms with Gasteiger partial charge in [-0.3, -0.25) is 0 Å². The number of hydrogen-bond donors (Lipinski definition) is 1. The fraction of sp³-hybridized carbons (Fsp3) is 0.462. The first-order chi connectivity index (χ1) is 9.06. The number of anilines is 1. The number of benzene rings is 1. The number of nitrogens with two attached hydrogens (primary N) is 1. The van der Waals surface area contributed by atoms with Crippen molar-refractivity contribution in [3.63, 3.8) is 0 Å². The average molecular weight is 327 g/mol. The second-order valence-corrected chi connectivity index (χ2v) is 5.97. The Hall–Kier alpha value is -1.14. The van der Waals surface area contributed by atoms with Gasteiger partial charge in [0.1, 0.15) is 5.82 Å². The molecule has 1 saturated heterocycles. The van der Waals surface area contributed by atoms with E-state index in [4.69, 9.17) is 5.73 Å². The number of likely N-dealkylation sites (tertiary alicyclic amines) is 1. The third kappa shape index (κ3) is 2.23. The Morgan fingerprint density at radius 1 is 1.53 bits per heavy atom. The van der Waals surface area contributed by atoms with Gasteiger partial charge in [-0.25, -0.2) is 9.37 Å². The van der Waals surface area contributed by atoms with Crippen LogP contribution in [0.25, 0.3) is 11.0 Å². The maximum Gasteiger partial charge on any atom is 0.201 e. The first-order valence-corrected chi connectivity index (χ1v) is 7.16. The van der Waals surface area contributed by atoms with Crippen LogP contribution in [-0.4, -0.2) is 34.1 Å². The van der Waals surface area contributed by atoms with E-state index in [9.17, 15) is 4.39 Å². The summed E-state index contributed by atoms with van der Waals surface area (Å²) in [5.41, 5.74) is 7.46. The molecule has 1 unspecified atom stereocenters. The minimum absolute atomic E-state index is 0.284. The molecule has 0 spiro atoms. The zero-order chi connectivity index (χ0) is 13.6. The number of halogens is 2. The lowest BCUT2D eigenvalue weighted by atomic mass is 10.2. The van der Waals surface area contributed by atoms with Gasteiger partial charge in [0.2, 0.25) is 5.95 Å². The van der Waals surface area contributed by atoms with Gasteiger partial charge >= 0.3 is 0 Å². The van der Waals surface area contributed by atoms with Gasteiger partial charge in [-0.15, -0.1) is 0 Å². The molecule has 1 fully saturated rings. The highest BCUT2D eigenvalue weighted by molar-refractivity contribution is 9.10. The Labute approximate surface area is 119 Å². The second-order valence-electron chi connectivity index (χ2n) is 5.11. The molecule has 2 aromatic rings. The molecule has 0 saturated carbocycles. The Morgan fingerprint density at radius 2 is 2.32 bits per heavy atom. The van der Waals surface area contributed by atoms with Crippen molar-refractivity contribution in [1.82, 2.24) is 14.5 Å². The van der Waals surface area contributed by atoms with Gasteiger partial charge < -0.3 is 15.2 Å². The fourth-order valence-corrected chi connectivity index (χ4v) is 3.08. The van der Waals surface area contributed by atoms with Gasteiger partial charge in [0.25, 0.3) is 0 Å². The maximum atomic E-state index is 13.7. The molecular weight excluding hydrogens is 311 g/mol. The van der Waals surface area contributed by atoms with Crippen molar-refractivity contribution in [1.29, 1.82) is 0 Å². The van der Waals surface area contributed by atoms with E-state index in [2.05, 4.69) is 32.9 Å². The highest BCUT2D eigenvalue weighted by Gasteiger charge is 2.23. The lowest BCUT2D eigenvalue weighted by Crippen LogP contribution is -2.29. The van der Waals surface area contributed by atoms with E-state index in [-0.39, 0.29) is 5.82 Å². The molecule has 2 heterocycles. The maximum absolute atomic E-state index is 13.7. The van der Waals surface area contributed by atoms with E-state index in [0.29, 0.717) is 16.5 Å². The summed E-state index contributed by atoms with van der Waals surface area (Å²) in [6.45, 7) is 1.87. The van der Waals surface area contributed by atoms with Crippen molar-refractivity contribution in [2.75, 3.05) is 19.3 Å². The number of rotatable bonds is 2. The standard InChI is InChI=1S/C13H16BrFN4/c1-18-4-2-3-8(18)7-19-12-6-10(15)9(14)5-11(12)17-13(19)16/h5-6,8H,2-4,7H2,1H3,(H2,16,17). The number of likely N-dealkylation sites (N-methyl/N-ethyl adjacent to an activating group) is 1. The van der Waals surface area contributed by atoms with Gasteiger partial charge in [0, 0.05) is 18.7 Å². The monoisotopic (exact) mass is 326 g/mol. The van der Waals surface area contributed by atoms with Crippen molar-refractivity contribution < 1.29 is 4.39 Å². The largest absolute Gasteiger partial charge is 0.369 e. The van der Waals surface area contributed by atoms with E-state index in [1.165, 1.54) is 12.5 Å². The molecule has 19 heavy (non-hydrogen) atoms. The quantitative estimate of drug-likeness (QED) is 0.922. The van der Waals surface area contributed by atoms with Crippen LogP contribution in [0, 0.1) is 5.82 Å². The lowest BCUT2D eigenvalue weighted by Gasteiger charge is -2.20. The van der Waals surface area contributed by atoms with Crippen LogP contribution in [0.2, 0.25) is 0 Å². The number of nitrogen functional groups attached to an aromatic ring is 1. The third-order valence-electron chi connectivity index (χ3n) is 3.88. The molecular formula is C13H16BrFN4. The van der Waals surface area contributed by atoms with Gasteiger partial charge in [-0.1, -0.05) is 0 Å². The summed E-state index contributed by atoms with van der Waals surface area (Å²) in [6.07, 6.45) is 2.35. The summed E-state index contributed by atoms with van der Waals surface area (Å²) in [5.74, 6) is 0.168. The first-order valence-electron chi connectivity index (χ1n) is 6.37. The SMILES string of the molecule is CN1CCCC1Cn1c(N)nc2cc(Br)c(F)cc21. The topological polar surface area (TPSA) is 47.1 Å². The molecule has 3 rings (SSSR count). The summed E-state index contributed by atoms with van der Waals surface area (Å²) >= 11 is 3.17. The number of nitrogens with zero attached hydrogens (tertiary/aromatic N) is 3. The zero-order valence-electron chi connectivity index (χ0n) is 10.7. The summed E-state index contributed by atoms with van der Waals surface area (Å²) in [6, 6.07) is 3.62. The summed E-state index contributed by atoms with van der Waals surface area (Å²) in [4.78, 5) is 6.63. The van der Waals surface area contributed by atoms with Crippen LogP contribution in [-0.2, 0) is 6.54 Å².